The standard InChI is InChI=1S/C8H14F3NO2S/c1-15(13,14)12-7-4-2-3-6(5-7)8(9,10)11/h6-7,12H,2-5H2,1H3/t6-,7-/m0/s1. The first kappa shape index (κ1) is 12.8. The Morgan fingerprint density at radius 1 is 1.27 bits per heavy atom. The van der Waals surface area contributed by atoms with E-state index in [0.29, 0.717) is 12.8 Å². The summed E-state index contributed by atoms with van der Waals surface area (Å²) >= 11 is 0. The highest BCUT2D eigenvalue weighted by Crippen LogP contribution is 2.37. The van der Waals surface area contributed by atoms with Gasteiger partial charge in [-0.25, -0.2) is 13.1 Å². The lowest BCUT2D eigenvalue weighted by molar-refractivity contribution is -0.183. The zero-order valence-corrected chi connectivity index (χ0v) is 9.16. The SMILES string of the molecule is CS(=O)(=O)N[C@H]1CCC[C@H](C(F)(F)F)C1. The van der Waals surface area contributed by atoms with Gasteiger partial charge >= 0.3 is 6.18 Å². The van der Waals surface area contributed by atoms with Gasteiger partial charge in [0, 0.05) is 6.04 Å². The third kappa shape index (κ3) is 4.38. The van der Waals surface area contributed by atoms with Gasteiger partial charge in [0.25, 0.3) is 0 Å². The van der Waals surface area contributed by atoms with Gasteiger partial charge in [0.05, 0.1) is 12.2 Å². The third-order valence-corrected chi connectivity index (χ3v) is 3.28. The summed E-state index contributed by atoms with van der Waals surface area (Å²) in [7, 11) is -3.41. The van der Waals surface area contributed by atoms with Crippen molar-refractivity contribution in [2.75, 3.05) is 6.26 Å². The Morgan fingerprint density at radius 3 is 2.33 bits per heavy atom. The maximum Gasteiger partial charge on any atom is 0.391 e. The number of hydrogen-bond acceptors (Lipinski definition) is 2. The van der Waals surface area contributed by atoms with Crippen molar-refractivity contribution in [2.45, 2.75) is 37.9 Å². The largest absolute Gasteiger partial charge is 0.391 e. The Bertz CT molecular complexity index is 312. The topological polar surface area (TPSA) is 46.2 Å². The second-order valence-corrected chi connectivity index (χ2v) is 5.77. The van der Waals surface area contributed by atoms with E-state index in [-0.39, 0.29) is 12.8 Å². The van der Waals surface area contributed by atoms with Crippen LogP contribution in [0.15, 0.2) is 0 Å². The lowest BCUT2D eigenvalue weighted by Crippen LogP contribution is -2.41. The average Bonchev–Trinajstić information content (AvgIpc) is 1.99. The van der Waals surface area contributed by atoms with E-state index in [4.69, 9.17) is 0 Å². The van der Waals surface area contributed by atoms with Gasteiger partial charge < -0.3 is 0 Å². The van der Waals surface area contributed by atoms with Crippen LogP contribution in [-0.2, 0) is 10.0 Å². The molecule has 0 radical (unpaired) electrons. The first-order chi connectivity index (χ1) is 6.68. The highest BCUT2D eigenvalue weighted by molar-refractivity contribution is 7.88. The Hall–Kier alpha value is -0.300. The minimum atomic E-state index is -4.21. The molecule has 0 heterocycles. The van der Waals surface area contributed by atoms with Gasteiger partial charge in [-0.05, 0) is 19.3 Å². The van der Waals surface area contributed by atoms with Crippen LogP contribution < -0.4 is 4.72 Å². The van der Waals surface area contributed by atoms with Gasteiger partial charge in [0.15, 0.2) is 0 Å². The second-order valence-electron chi connectivity index (χ2n) is 3.99. The van der Waals surface area contributed by atoms with E-state index in [9.17, 15) is 21.6 Å². The van der Waals surface area contributed by atoms with E-state index in [1.807, 2.05) is 0 Å². The third-order valence-electron chi connectivity index (χ3n) is 2.52. The summed E-state index contributed by atoms with van der Waals surface area (Å²) < 4.78 is 61.1. The zero-order valence-electron chi connectivity index (χ0n) is 8.34. The van der Waals surface area contributed by atoms with Crippen LogP contribution in [0.25, 0.3) is 0 Å². The van der Waals surface area contributed by atoms with Gasteiger partial charge in [0.2, 0.25) is 10.0 Å². The van der Waals surface area contributed by atoms with Crippen molar-refractivity contribution in [1.29, 1.82) is 0 Å². The van der Waals surface area contributed by atoms with E-state index < -0.39 is 28.2 Å². The van der Waals surface area contributed by atoms with Crippen LogP contribution in [0.2, 0.25) is 0 Å². The van der Waals surface area contributed by atoms with Gasteiger partial charge in [-0.15, -0.1) is 0 Å². The fourth-order valence-corrected chi connectivity index (χ4v) is 2.72. The number of nitrogens with one attached hydrogen (secondary N) is 1. The minimum absolute atomic E-state index is 0.103. The molecular weight excluding hydrogens is 231 g/mol. The van der Waals surface area contributed by atoms with E-state index in [2.05, 4.69) is 4.72 Å². The molecular formula is C8H14F3NO2S. The molecule has 0 aromatic carbocycles. The van der Waals surface area contributed by atoms with E-state index in [1.54, 1.807) is 0 Å². The number of halogens is 3. The van der Waals surface area contributed by atoms with Crippen molar-refractivity contribution >= 4 is 10.0 Å². The van der Waals surface area contributed by atoms with Crippen molar-refractivity contribution in [2.24, 2.45) is 5.92 Å². The fourth-order valence-electron chi connectivity index (χ4n) is 1.90. The molecule has 1 aliphatic rings. The lowest BCUT2D eigenvalue weighted by Gasteiger charge is -2.30. The van der Waals surface area contributed by atoms with Crippen LogP contribution in [0.3, 0.4) is 0 Å². The predicted octanol–water partition coefficient (Wildman–Crippen LogP) is 1.66. The molecule has 0 aliphatic heterocycles. The van der Waals surface area contributed by atoms with E-state index in [0.717, 1.165) is 6.26 Å². The van der Waals surface area contributed by atoms with Crippen molar-refractivity contribution in [3.63, 3.8) is 0 Å². The summed E-state index contributed by atoms with van der Waals surface area (Å²) in [6.07, 6.45) is -2.39. The predicted molar refractivity (Wildman–Crippen MR) is 49.8 cm³/mol. The molecule has 1 saturated carbocycles. The van der Waals surface area contributed by atoms with Gasteiger partial charge in [-0.1, -0.05) is 6.42 Å². The number of alkyl halides is 3. The summed E-state index contributed by atoms with van der Waals surface area (Å²) in [4.78, 5) is 0. The molecule has 7 heteroatoms. The summed E-state index contributed by atoms with van der Waals surface area (Å²) in [5, 5.41) is 0. The molecule has 1 rings (SSSR count). The number of sulfonamides is 1. The number of rotatable bonds is 2. The Labute approximate surface area is 87.1 Å². The van der Waals surface area contributed by atoms with Crippen molar-refractivity contribution in [1.82, 2.24) is 4.72 Å². The molecule has 0 aromatic heterocycles. The fraction of sp³-hybridized carbons (Fsp3) is 1.00. The van der Waals surface area contributed by atoms with Gasteiger partial charge in [0.1, 0.15) is 0 Å². The summed E-state index contributed by atoms with van der Waals surface area (Å²) in [5.41, 5.74) is 0. The van der Waals surface area contributed by atoms with Crippen LogP contribution in [0.4, 0.5) is 13.2 Å². The van der Waals surface area contributed by atoms with Crippen LogP contribution in [0.1, 0.15) is 25.7 Å². The average molecular weight is 245 g/mol. The lowest BCUT2D eigenvalue weighted by atomic mass is 9.86. The first-order valence-electron chi connectivity index (χ1n) is 4.72. The second kappa shape index (κ2) is 4.29. The molecule has 0 unspecified atom stereocenters. The summed E-state index contributed by atoms with van der Waals surface area (Å²) in [6, 6.07) is -0.569. The minimum Gasteiger partial charge on any atom is -0.213 e. The summed E-state index contributed by atoms with van der Waals surface area (Å²) in [5.74, 6) is -1.37. The van der Waals surface area contributed by atoms with E-state index >= 15 is 0 Å². The molecule has 2 atom stereocenters. The Balaban J connectivity index is 2.57. The van der Waals surface area contributed by atoms with Crippen LogP contribution in [-0.4, -0.2) is 26.9 Å². The molecule has 90 valence electrons. The molecule has 0 amide bonds. The molecule has 15 heavy (non-hydrogen) atoms. The van der Waals surface area contributed by atoms with Gasteiger partial charge in [-0.3, -0.25) is 0 Å². The van der Waals surface area contributed by atoms with Crippen molar-refractivity contribution < 1.29 is 21.6 Å². The van der Waals surface area contributed by atoms with Crippen molar-refractivity contribution in [3.05, 3.63) is 0 Å². The zero-order chi connectivity index (χ0) is 11.7. The molecule has 1 aliphatic carbocycles. The van der Waals surface area contributed by atoms with Crippen LogP contribution in [0, 0.1) is 5.92 Å². The molecule has 1 fully saturated rings. The smallest absolute Gasteiger partial charge is 0.213 e. The molecule has 0 spiro atoms. The quantitative estimate of drug-likeness (QED) is 0.804. The molecule has 0 saturated heterocycles. The highest BCUT2D eigenvalue weighted by atomic mass is 32.2. The maximum atomic E-state index is 12.4. The molecule has 0 aromatic rings. The van der Waals surface area contributed by atoms with Crippen LogP contribution >= 0.6 is 0 Å². The van der Waals surface area contributed by atoms with E-state index in [1.165, 1.54) is 0 Å². The Morgan fingerprint density at radius 2 is 1.87 bits per heavy atom. The van der Waals surface area contributed by atoms with Gasteiger partial charge in [-0.2, -0.15) is 13.2 Å². The number of hydrogen-bond donors (Lipinski definition) is 1. The summed E-state index contributed by atoms with van der Waals surface area (Å²) in [6.45, 7) is 0. The monoisotopic (exact) mass is 245 g/mol. The molecule has 0 bridgehead atoms. The van der Waals surface area contributed by atoms with Crippen LogP contribution in [0.5, 0.6) is 0 Å². The molecule has 1 N–H and O–H groups in total. The normalized spacial score (nSPS) is 29.1. The molecule has 3 nitrogen and oxygen atoms in total. The first-order valence-corrected chi connectivity index (χ1v) is 6.61. The Kier molecular flexibility index (Phi) is 3.65. The van der Waals surface area contributed by atoms with Crippen molar-refractivity contribution in [3.8, 4) is 0 Å². The highest BCUT2D eigenvalue weighted by Gasteiger charge is 2.42. The maximum absolute atomic E-state index is 12.4.